The van der Waals surface area contributed by atoms with E-state index in [1.807, 2.05) is 17.9 Å². The summed E-state index contributed by atoms with van der Waals surface area (Å²) in [6, 6.07) is 12.8. The normalized spacial score (nSPS) is 19.4. The summed E-state index contributed by atoms with van der Waals surface area (Å²) in [6.07, 6.45) is 0.994. The van der Waals surface area contributed by atoms with Gasteiger partial charge in [-0.2, -0.15) is 0 Å². The van der Waals surface area contributed by atoms with Gasteiger partial charge in [-0.25, -0.2) is 0 Å². The topological polar surface area (TPSA) is 49.6 Å². The molecule has 1 fully saturated rings. The number of likely N-dealkylation sites (N-methyl/N-ethyl adjacent to an activating group) is 1. The van der Waals surface area contributed by atoms with Gasteiger partial charge >= 0.3 is 0 Å². The van der Waals surface area contributed by atoms with Gasteiger partial charge in [0.2, 0.25) is 0 Å². The van der Waals surface area contributed by atoms with Gasteiger partial charge in [0.15, 0.2) is 5.69 Å². The van der Waals surface area contributed by atoms with Gasteiger partial charge in [0.05, 0.1) is 0 Å². The Bertz CT molecular complexity index is 683. The first kappa shape index (κ1) is 16.7. The second kappa shape index (κ2) is 7.18. The number of carbonyl (C=O) groups excluding carboxylic acids is 1. The van der Waals surface area contributed by atoms with E-state index in [-0.39, 0.29) is 11.9 Å². The van der Waals surface area contributed by atoms with E-state index in [4.69, 9.17) is 4.52 Å². The summed E-state index contributed by atoms with van der Waals surface area (Å²) >= 11 is 0. The van der Waals surface area contributed by atoms with Crippen molar-refractivity contribution in [2.45, 2.75) is 39.3 Å². The van der Waals surface area contributed by atoms with Crippen LogP contribution in [0.25, 0.3) is 0 Å². The summed E-state index contributed by atoms with van der Waals surface area (Å²) < 4.78 is 5.05. The first-order valence-corrected chi connectivity index (χ1v) is 8.63. The van der Waals surface area contributed by atoms with E-state index in [1.54, 1.807) is 13.0 Å². The molecule has 0 aliphatic carbocycles. The first-order chi connectivity index (χ1) is 11.6. The maximum Gasteiger partial charge on any atom is 0.276 e. The smallest absolute Gasteiger partial charge is 0.276 e. The van der Waals surface area contributed by atoms with Crippen molar-refractivity contribution in [1.82, 2.24) is 15.0 Å². The van der Waals surface area contributed by atoms with Crippen LogP contribution < -0.4 is 0 Å². The van der Waals surface area contributed by atoms with Crippen LogP contribution in [0, 0.1) is 6.92 Å². The van der Waals surface area contributed by atoms with E-state index in [2.05, 4.69) is 41.2 Å². The number of amides is 1. The fourth-order valence-corrected chi connectivity index (χ4v) is 3.50. The lowest BCUT2D eigenvalue weighted by Gasteiger charge is -2.29. The minimum absolute atomic E-state index is 0.0337. The minimum atomic E-state index is -0.0337. The highest BCUT2D eigenvalue weighted by atomic mass is 16.5. The van der Waals surface area contributed by atoms with Gasteiger partial charge in [-0.15, -0.1) is 0 Å². The van der Waals surface area contributed by atoms with E-state index < -0.39 is 0 Å². The molecule has 0 saturated carbocycles. The molecule has 1 aliphatic heterocycles. The molecule has 128 valence electrons. The lowest BCUT2D eigenvalue weighted by Crippen LogP contribution is -2.42. The zero-order valence-corrected chi connectivity index (χ0v) is 14.6. The van der Waals surface area contributed by atoms with Crippen LogP contribution >= 0.6 is 0 Å². The number of carbonyl (C=O) groups is 1. The highest BCUT2D eigenvalue weighted by Gasteiger charge is 2.33. The first-order valence-electron chi connectivity index (χ1n) is 8.63. The van der Waals surface area contributed by atoms with E-state index in [1.165, 1.54) is 5.56 Å². The Morgan fingerprint density at radius 2 is 2.17 bits per heavy atom. The van der Waals surface area contributed by atoms with Gasteiger partial charge in [0.25, 0.3) is 5.91 Å². The quantitative estimate of drug-likeness (QED) is 0.845. The van der Waals surface area contributed by atoms with Gasteiger partial charge in [-0.1, -0.05) is 35.5 Å². The molecular formula is C19H25N3O2. The van der Waals surface area contributed by atoms with Crippen LogP contribution in [0.4, 0.5) is 0 Å². The molecule has 0 bridgehead atoms. The van der Waals surface area contributed by atoms with Crippen molar-refractivity contribution in [3.63, 3.8) is 0 Å². The molecule has 1 aliphatic rings. The molecule has 1 saturated heterocycles. The van der Waals surface area contributed by atoms with E-state index in [0.717, 1.165) is 19.5 Å². The second-order valence-electron chi connectivity index (χ2n) is 6.44. The predicted molar refractivity (Wildman–Crippen MR) is 92.8 cm³/mol. The van der Waals surface area contributed by atoms with Crippen LogP contribution in [0.15, 0.2) is 40.9 Å². The Morgan fingerprint density at radius 1 is 1.42 bits per heavy atom. The van der Waals surface area contributed by atoms with Crippen LogP contribution in [0.3, 0.4) is 0 Å². The average molecular weight is 327 g/mol. The fourth-order valence-electron chi connectivity index (χ4n) is 3.50. The highest BCUT2D eigenvalue weighted by molar-refractivity contribution is 5.92. The molecule has 24 heavy (non-hydrogen) atoms. The van der Waals surface area contributed by atoms with Crippen molar-refractivity contribution in [3.8, 4) is 0 Å². The number of hydrogen-bond donors (Lipinski definition) is 0. The summed E-state index contributed by atoms with van der Waals surface area (Å²) in [5, 5.41) is 3.88. The monoisotopic (exact) mass is 327 g/mol. The lowest BCUT2D eigenvalue weighted by atomic mass is 10.1. The number of benzene rings is 1. The van der Waals surface area contributed by atoms with Crippen LogP contribution in [0.5, 0.6) is 0 Å². The number of aryl methyl sites for hydroxylation is 1. The Morgan fingerprint density at radius 3 is 2.79 bits per heavy atom. The van der Waals surface area contributed by atoms with Crippen LogP contribution in [0.2, 0.25) is 0 Å². The van der Waals surface area contributed by atoms with Crippen LogP contribution in [0.1, 0.15) is 48.1 Å². The molecule has 3 rings (SSSR count). The van der Waals surface area contributed by atoms with Crippen molar-refractivity contribution in [2.75, 3.05) is 19.6 Å². The number of likely N-dealkylation sites (tertiary alicyclic amines) is 1. The Balaban J connectivity index is 1.68. The lowest BCUT2D eigenvalue weighted by molar-refractivity contribution is 0.0678. The molecule has 5 nitrogen and oxygen atoms in total. The number of hydrogen-bond acceptors (Lipinski definition) is 4. The molecule has 1 aromatic carbocycles. The third kappa shape index (κ3) is 3.36. The Labute approximate surface area is 143 Å². The van der Waals surface area contributed by atoms with Crippen LogP contribution in [-0.4, -0.2) is 46.5 Å². The van der Waals surface area contributed by atoms with E-state index in [0.29, 0.717) is 24.0 Å². The second-order valence-corrected chi connectivity index (χ2v) is 6.44. The third-order valence-corrected chi connectivity index (χ3v) is 4.91. The van der Waals surface area contributed by atoms with Gasteiger partial charge in [0, 0.05) is 37.8 Å². The standard InChI is InChI=1S/C19H25N3O2/c1-4-22(19(23)18-12-14(2)24-20-18)17-10-11-21(13-17)15(3)16-8-6-5-7-9-16/h5-9,12,15,17H,4,10-11,13H2,1-3H3/t15-,17+/m1/s1. The Kier molecular flexibility index (Phi) is 5.00. The molecule has 0 radical (unpaired) electrons. The number of rotatable bonds is 5. The van der Waals surface area contributed by atoms with Gasteiger partial charge in [0.1, 0.15) is 5.76 Å². The van der Waals surface area contributed by atoms with Crippen molar-refractivity contribution >= 4 is 5.91 Å². The molecule has 0 unspecified atom stereocenters. The Hall–Kier alpha value is -2.14. The fraction of sp³-hybridized carbons (Fsp3) is 0.474. The molecule has 0 N–H and O–H groups in total. The zero-order chi connectivity index (χ0) is 17.1. The molecule has 2 heterocycles. The highest BCUT2D eigenvalue weighted by Crippen LogP contribution is 2.27. The van der Waals surface area contributed by atoms with Crippen LogP contribution in [-0.2, 0) is 0 Å². The van der Waals surface area contributed by atoms with Crippen molar-refractivity contribution in [2.24, 2.45) is 0 Å². The van der Waals surface area contributed by atoms with Gasteiger partial charge < -0.3 is 9.42 Å². The minimum Gasteiger partial charge on any atom is -0.361 e. The van der Waals surface area contributed by atoms with E-state index in [9.17, 15) is 4.79 Å². The van der Waals surface area contributed by atoms with E-state index >= 15 is 0 Å². The third-order valence-electron chi connectivity index (χ3n) is 4.91. The molecular weight excluding hydrogens is 302 g/mol. The molecule has 1 amide bonds. The van der Waals surface area contributed by atoms with Crippen molar-refractivity contribution in [1.29, 1.82) is 0 Å². The largest absolute Gasteiger partial charge is 0.361 e. The predicted octanol–water partition coefficient (Wildman–Crippen LogP) is 3.28. The molecule has 5 heteroatoms. The summed E-state index contributed by atoms with van der Waals surface area (Å²) in [5.74, 6) is 0.633. The average Bonchev–Trinajstić information content (AvgIpc) is 3.25. The molecule has 2 aromatic rings. The summed E-state index contributed by atoms with van der Waals surface area (Å²) in [4.78, 5) is 17.1. The van der Waals surface area contributed by atoms with Gasteiger partial charge in [-0.3, -0.25) is 9.69 Å². The van der Waals surface area contributed by atoms with Crippen molar-refractivity contribution in [3.05, 3.63) is 53.4 Å². The SMILES string of the molecule is CCN(C(=O)c1cc(C)on1)[C@H]1CCN([C@H](C)c2ccccc2)C1. The maximum atomic E-state index is 12.7. The summed E-state index contributed by atoms with van der Waals surface area (Å²) in [7, 11) is 0. The molecule has 1 aromatic heterocycles. The molecule has 2 atom stereocenters. The maximum absolute atomic E-state index is 12.7. The number of aromatic nitrogens is 1. The summed E-state index contributed by atoms with van der Waals surface area (Å²) in [6.45, 7) is 8.64. The number of nitrogens with zero attached hydrogens (tertiary/aromatic N) is 3. The molecule has 0 spiro atoms. The van der Waals surface area contributed by atoms with Crippen molar-refractivity contribution < 1.29 is 9.32 Å². The zero-order valence-electron chi connectivity index (χ0n) is 14.6. The summed E-state index contributed by atoms with van der Waals surface area (Å²) in [5.41, 5.74) is 1.73. The van der Waals surface area contributed by atoms with Gasteiger partial charge in [-0.05, 0) is 32.8 Å².